The number of halogens is 1. The van der Waals surface area contributed by atoms with E-state index in [1.54, 1.807) is 18.3 Å². The standard InChI is InChI=1S/C20H23BrN2O3/c1-3-11-25-18-10-7-16(19(13-18)26-12-4-2)14-22-23-20(24)15-5-8-17(21)9-6-15/h5-10,13-14H,3-4,11-12H2,1-2H3,(H,23,24)/b22-14+. The number of hydrogen-bond acceptors (Lipinski definition) is 4. The number of hydrogen-bond donors (Lipinski definition) is 1. The van der Waals surface area contributed by atoms with Crippen molar-refractivity contribution in [2.75, 3.05) is 13.2 Å². The van der Waals surface area contributed by atoms with Crippen molar-refractivity contribution in [3.05, 3.63) is 58.1 Å². The number of hydrazone groups is 1. The number of nitrogens with zero attached hydrogens (tertiary/aromatic N) is 1. The molecule has 0 aliphatic rings. The molecule has 2 aromatic rings. The van der Waals surface area contributed by atoms with Gasteiger partial charge in [-0.05, 0) is 49.2 Å². The van der Waals surface area contributed by atoms with E-state index in [2.05, 4.69) is 33.4 Å². The van der Waals surface area contributed by atoms with E-state index in [-0.39, 0.29) is 5.91 Å². The molecular weight excluding hydrogens is 396 g/mol. The lowest BCUT2D eigenvalue weighted by Gasteiger charge is -2.11. The van der Waals surface area contributed by atoms with Crippen molar-refractivity contribution in [3.8, 4) is 11.5 Å². The molecule has 0 saturated carbocycles. The Kier molecular flexibility index (Phi) is 8.15. The van der Waals surface area contributed by atoms with Gasteiger partial charge in [0.1, 0.15) is 11.5 Å². The van der Waals surface area contributed by atoms with Crippen molar-refractivity contribution < 1.29 is 14.3 Å². The van der Waals surface area contributed by atoms with Gasteiger partial charge in [-0.1, -0.05) is 29.8 Å². The second-order valence-corrected chi connectivity index (χ2v) is 6.52. The summed E-state index contributed by atoms with van der Waals surface area (Å²) in [5, 5.41) is 4.04. The topological polar surface area (TPSA) is 59.9 Å². The predicted octanol–water partition coefficient (Wildman–Crippen LogP) is 4.79. The van der Waals surface area contributed by atoms with Crippen LogP contribution in [0.1, 0.15) is 42.6 Å². The van der Waals surface area contributed by atoms with Gasteiger partial charge >= 0.3 is 0 Å². The predicted molar refractivity (Wildman–Crippen MR) is 107 cm³/mol. The quantitative estimate of drug-likeness (QED) is 0.470. The Hall–Kier alpha value is -2.34. The number of amides is 1. The van der Waals surface area contributed by atoms with Gasteiger partial charge in [-0.2, -0.15) is 5.10 Å². The number of carbonyl (C=O) groups is 1. The molecule has 0 heterocycles. The van der Waals surface area contributed by atoms with Crippen molar-refractivity contribution in [1.29, 1.82) is 0 Å². The van der Waals surface area contributed by atoms with Gasteiger partial charge in [0.25, 0.3) is 5.91 Å². The summed E-state index contributed by atoms with van der Waals surface area (Å²) >= 11 is 3.34. The highest BCUT2D eigenvalue weighted by Gasteiger charge is 2.06. The fourth-order valence-electron chi connectivity index (χ4n) is 2.09. The van der Waals surface area contributed by atoms with E-state index < -0.39 is 0 Å². The molecule has 2 aromatic carbocycles. The molecule has 0 saturated heterocycles. The molecule has 0 fully saturated rings. The number of nitrogens with one attached hydrogen (secondary N) is 1. The van der Waals surface area contributed by atoms with E-state index in [1.165, 1.54) is 0 Å². The van der Waals surface area contributed by atoms with E-state index in [0.717, 1.165) is 28.6 Å². The van der Waals surface area contributed by atoms with Gasteiger partial charge in [0.15, 0.2) is 0 Å². The Morgan fingerprint density at radius 3 is 2.46 bits per heavy atom. The van der Waals surface area contributed by atoms with Crippen LogP contribution in [0.5, 0.6) is 11.5 Å². The Balaban J connectivity index is 2.06. The van der Waals surface area contributed by atoms with Crippen LogP contribution < -0.4 is 14.9 Å². The fourth-order valence-corrected chi connectivity index (χ4v) is 2.36. The van der Waals surface area contributed by atoms with Crippen LogP contribution in [0.15, 0.2) is 52.0 Å². The molecule has 2 rings (SSSR count). The maximum atomic E-state index is 12.1. The molecule has 0 radical (unpaired) electrons. The zero-order valence-electron chi connectivity index (χ0n) is 15.0. The third-order valence-electron chi connectivity index (χ3n) is 3.40. The Morgan fingerprint density at radius 1 is 1.08 bits per heavy atom. The minimum absolute atomic E-state index is 0.271. The zero-order valence-corrected chi connectivity index (χ0v) is 16.6. The van der Waals surface area contributed by atoms with Crippen LogP contribution in [0.4, 0.5) is 0 Å². The largest absolute Gasteiger partial charge is 0.493 e. The lowest BCUT2D eigenvalue weighted by atomic mass is 10.2. The lowest BCUT2D eigenvalue weighted by molar-refractivity contribution is 0.0955. The number of rotatable bonds is 9. The SMILES string of the molecule is CCCOc1ccc(/C=N/NC(=O)c2ccc(Br)cc2)c(OCCC)c1. The van der Waals surface area contributed by atoms with Gasteiger partial charge in [0, 0.05) is 21.7 Å². The first-order chi connectivity index (χ1) is 12.6. The normalized spacial score (nSPS) is 10.7. The molecule has 0 aliphatic carbocycles. The molecule has 0 atom stereocenters. The number of carbonyl (C=O) groups excluding carboxylic acids is 1. The highest BCUT2D eigenvalue weighted by atomic mass is 79.9. The fraction of sp³-hybridized carbons (Fsp3) is 0.300. The molecule has 1 amide bonds. The number of ether oxygens (including phenoxy) is 2. The van der Waals surface area contributed by atoms with Gasteiger partial charge in [0.2, 0.25) is 0 Å². The first kappa shape index (κ1) is 20.0. The Morgan fingerprint density at radius 2 is 1.77 bits per heavy atom. The second-order valence-electron chi connectivity index (χ2n) is 5.60. The summed E-state index contributed by atoms with van der Waals surface area (Å²) in [7, 11) is 0. The Bertz CT molecular complexity index is 745. The molecule has 5 nitrogen and oxygen atoms in total. The van der Waals surface area contributed by atoms with Crippen LogP contribution in [-0.4, -0.2) is 25.3 Å². The van der Waals surface area contributed by atoms with E-state index in [0.29, 0.717) is 24.5 Å². The zero-order chi connectivity index (χ0) is 18.8. The lowest BCUT2D eigenvalue weighted by Crippen LogP contribution is -2.17. The summed E-state index contributed by atoms with van der Waals surface area (Å²) < 4.78 is 12.3. The molecule has 0 aromatic heterocycles. The van der Waals surface area contributed by atoms with E-state index in [4.69, 9.17) is 9.47 Å². The average Bonchev–Trinajstić information content (AvgIpc) is 2.66. The van der Waals surface area contributed by atoms with Crippen molar-refractivity contribution in [3.63, 3.8) is 0 Å². The Labute approximate surface area is 162 Å². The minimum Gasteiger partial charge on any atom is -0.493 e. The monoisotopic (exact) mass is 418 g/mol. The maximum absolute atomic E-state index is 12.1. The molecule has 0 unspecified atom stereocenters. The molecule has 1 N–H and O–H groups in total. The molecule has 0 spiro atoms. The van der Waals surface area contributed by atoms with Crippen molar-refractivity contribution >= 4 is 28.1 Å². The van der Waals surface area contributed by atoms with Gasteiger partial charge in [0.05, 0.1) is 19.4 Å². The van der Waals surface area contributed by atoms with Crippen LogP contribution in [0.3, 0.4) is 0 Å². The molecule has 138 valence electrons. The van der Waals surface area contributed by atoms with Crippen molar-refractivity contribution in [2.45, 2.75) is 26.7 Å². The highest BCUT2D eigenvalue weighted by Crippen LogP contribution is 2.24. The summed E-state index contributed by atoms with van der Waals surface area (Å²) in [6.45, 7) is 5.36. The van der Waals surface area contributed by atoms with Crippen LogP contribution >= 0.6 is 15.9 Å². The van der Waals surface area contributed by atoms with E-state index in [9.17, 15) is 4.79 Å². The first-order valence-electron chi connectivity index (χ1n) is 8.62. The van der Waals surface area contributed by atoms with Crippen molar-refractivity contribution in [1.82, 2.24) is 5.43 Å². The molecule has 26 heavy (non-hydrogen) atoms. The van der Waals surface area contributed by atoms with Gasteiger partial charge in [-0.15, -0.1) is 0 Å². The molecule has 0 bridgehead atoms. The average molecular weight is 419 g/mol. The van der Waals surface area contributed by atoms with Crippen LogP contribution in [0.2, 0.25) is 0 Å². The van der Waals surface area contributed by atoms with Gasteiger partial charge < -0.3 is 9.47 Å². The van der Waals surface area contributed by atoms with Crippen LogP contribution in [-0.2, 0) is 0 Å². The minimum atomic E-state index is -0.271. The molecule has 0 aliphatic heterocycles. The second kappa shape index (κ2) is 10.6. The van der Waals surface area contributed by atoms with E-state index in [1.807, 2.05) is 37.3 Å². The maximum Gasteiger partial charge on any atom is 0.271 e. The smallest absolute Gasteiger partial charge is 0.271 e. The summed E-state index contributed by atoms with van der Waals surface area (Å²) in [5.74, 6) is 1.17. The third kappa shape index (κ3) is 6.19. The van der Waals surface area contributed by atoms with Gasteiger partial charge in [-0.25, -0.2) is 5.43 Å². The highest BCUT2D eigenvalue weighted by molar-refractivity contribution is 9.10. The van der Waals surface area contributed by atoms with Crippen molar-refractivity contribution in [2.24, 2.45) is 5.10 Å². The molecular formula is C20H23BrN2O3. The molecule has 6 heteroatoms. The third-order valence-corrected chi connectivity index (χ3v) is 3.92. The van der Waals surface area contributed by atoms with E-state index >= 15 is 0 Å². The summed E-state index contributed by atoms with van der Waals surface area (Å²) in [4.78, 5) is 12.1. The summed E-state index contributed by atoms with van der Waals surface area (Å²) in [6, 6.07) is 12.7. The first-order valence-corrected chi connectivity index (χ1v) is 9.42. The summed E-state index contributed by atoms with van der Waals surface area (Å²) in [5.41, 5.74) is 3.84. The van der Waals surface area contributed by atoms with Crippen LogP contribution in [0, 0.1) is 0 Å². The number of benzene rings is 2. The van der Waals surface area contributed by atoms with Gasteiger partial charge in [-0.3, -0.25) is 4.79 Å². The summed E-state index contributed by atoms with van der Waals surface area (Å²) in [6.07, 6.45) is 3.42. The van der Waals surface area contributed by atoms with Crippen LogP contribution in [0.25, 0.3) is 0 Å².